The van der Waals surface area contributed by atoms with Crippen LogP contribution in [0.5, 0.6) is 5.75 Å². The van der Waals surface area contributed by atoms with Crippen LogP contribution in [0.1, 0.15) is 22.2 Å². The van der Waals surface area contributed by atoms with Gasteiger partial charge in [-0.05, 0) is 42.7 Å². The fourth-order valence-electron chi connectivity index (χ4n) is 2.16. The first-order valence-electron chi connectivity index (χ1n) is 7.44. The summed E-state index contributed by atoms with van der Waals surface area (Å²) in [5.74, 6) is -0.0219. The number of carbonyl (C=O) groups excluding carboxylic acids is 2. The Morgan fingerprint density at radius 3 is 2.84 bits per heavy atom. The van der Waals surface area contributed by atoms with Gasteiger partial charge in [0.15, 0.2) is 4.32 Å². The fourth-order valence-corrected chi connectivity index (χ4v) is 3.94. The summed E-state index contributed by atoms with van der Waals surface area (Å²) in [6, 6.07) is 10.9. The van der Waals surface area contributed by atoms with Crippen molar-refractivity contribution in [3.8, 4) is 5.75 Å². The van der Waals surface area contributed by atoms with E-state index >= 15 is 0 Å². The predicted octanol–water partition coefficient (Wildman–Crippen LogP) is 3.69. The normalized spacial score (nSPS) is 15.7. The Hall–Kier alpha value is -2.16. The van der Waals surface area contributed by atoms with E-state index in [1.807, 2.05) is 31.2 Å². The molecule has 0 atom stereocenters. The predicted molar refractivity (Wildman–Crippen MR) is 104 cm³/mol. The molecule has 2 heterocycles. The molecule has 5 nitrogen and oxygen atoms in total. The van der Waals surface area contributed by atoms with Crippen molar-refractivity contribution in [1.82, 2.24) is 10.4 Å². The van der Waals surface area contributed by atoms with Gasteiger partial charge in [-0.2, -0.15) is 5.01 Å². The monoisotopic (exact) mass is 390 g/mol. The lowest BCUT2D eigenvalue weighted by Gasteiger charge is -2.14. The van der Waals surface area contributed by atoms with Crippen LogP contribution in [0.2, 0.25) is 0 Å². The largest absolute Gasteiger partial charge is 0.493 e. The highest BCUT2D eigenvalue weighted by molar-refractivity contribution is 8.26. The van der Waals surface area contributed by atoms with E-state index in [4.69, 9.17) is 17.0 Å². The second-order valence-corrected chi connectivity index (χ2v) is 7.53. The molecule has 0 aliphatic carbocycles. The van der Waals surface area contributed by atoms with Crippen molar-refractivity contribution < 1.29 is 14.3 Å². The van der Waals surface area contributed by atoms with Crippen LogP contribution in [0, 0.1) is 0 Å². The first-order chi connectivity index (χ1) is 12.1. The number of ether oxygens (including phenoxy) is 1. The van der Waals surface area contributed by atoms with Gasteiger partial charge in [-0.1, -0.05) is 36.0 Å². The number of carbonyl (C=O) groups is 2. The molecule has 0 radical (unpaired) electrons. The van der Waals surface area contributed by atoms with Crippen molar-refractivity contribution in [1.29, 1.82) is 0 Å². The Kier molecular flexibility index (Phi) is 5.52. The maximum absolute atomic E-state index is 12.6. The molecular weight excluding hydrogens is 376 g/mol. The zero-order valence-electron chi connectivity index (χ0n) is 13.2. The molecular formula is C17H14N2O3S3. The van der Waals surface area contributed by atoms with E-state index < -0.39 is 0 Å². The molecule has 0 spiro atoms. The van der Waals surface area contributed by atoms with Crippen molar-refractivity contribution in [3.63, 3.8) is 0 Å². The molecule has 2 aromatic rings. The van der Waals surface area contributed by atoms with Gasteiger partial charge in [0, 0.05) is 5.56 Å². The Morgan fingerprint density at radius 2 is 2.12 bits per heavy atom. The lowest BCUT2D eigenvalue weighted by Crippen LogP contribution is -2.44. The SMILES string of the molecule is CCOc1ccccc1/C=C1/SC(=S)N(NC(=O)c2cccs2)C1=O. The minimum absolute atomic E-state index is 0.287. The van der Waals surface area contributed by atoms with Crippen molar-refractivity contribution in [3.05, 3.63) is 57.1 Å². The van der Waals surface area contributed by atoms with Crippen LogP contribution in [-0.2, 0) is 4.79 Å². The van der Waals surface area contributed by atoms with E-state index in [1.165, 1.54) is 11.3 Å². The summed E-state index contributed by atoms with van der Waals surface area (Å²) in [7, 11) is 0. The van der Waals surface area contributed by atoms with Crippen molar-refractivity contribution >= 4 is 57.5 Å². The third-order valence-corrected chi connectivity index (χ3v) is 5.43. The number of hydrazine groups is 1. The topological polar surface area (TPSA) is 58.6 Å². The number of nitrogens with one attached hydrogen (secondary N) is 1. The van der Waals surface area contributed by atoms with Gasteiger partial charge >= 0.3 is 0 Å². The molecule has 0 unspecified atom stereocenters. The molecule has 1 N–H and O–H groups in total. The quantitative estimate of drug-likeness (QED) is 0.623. The van der Waals surface area contributed by atoms with Gasteiger partial charge in [0.1, 0.15) is 5.75 Å². The number of para-hydroxylation sites is 1. The molecule has 1 aliphatic rings. The minimum Gasteiger partial charge on any atom is -0.493 e. The van der Waals surface area contributed by atoms with E-state index in [0.717, 1.165) is 22.3 Å². The number of thiocarbonyl (C=S) groups is 1. The maximum atomic E-state index is 12.6. The average Bonchev–Trinajstić information content (AvgIpc) is 3.22. The van der Waals surface area contributed by atoms with E-state index in [9.17, 15) is 9.59 Å². The van der Waals surface area contributed by atoms with Crippen molar-refractivity contribution in [2.24, 2.45) is 0 Å². The molecule has 2 amide bonds. The number of hydrogen-bond acceptors (Lipinski definition) is 6. The Balaban J connectivity index is 1.80. The van der Waals surface area contributed by atoms with E-state index in [2.05, 4.69) is 5.43 Å². The summed E-state index contributed by atoms with van der Waals surface area (Å²) in [5.41, 5.74) is 3.34. The van der Waals surface area contributed by atoms with Crippen LogP contribution in [0.4, 0.5) is 0 Å². The minimum atomic E-state index is -0.359. The number of benzene rings is 1. The van der Waals surface area contributed by atoms with Crippen LogP contribution in [0.25, 0.3) is 6.08 Å². The van der Waals surface area contributed by atoms with Crippen molar-refractivity contribution in [2.45, 2.75) is 6.92 Å². The van der Waals surface area contributed by atoms with E-state index in [-0.39, 0.29) is 16.1 Å². The van der Waals surface area contributed by atoms with Gasteiger partial charge in [-0.15, -0.1) is 11.3 Å². The van der Waals surface area contributed by atoms with Gasteiger partial charge in [0.25, 0.3) is 11.8 Å². The fraction of sp³-hybridized carbons (Fsp3) is 0.118. The number of hydrogen-bond donors (Lipinski definition) is 1. The second-order valence-electron chi connectivity index (χ2n) is 4.91. The van der Waals surface area contributed by atoms with Crippen LogP contribution in [0.3, 0.4) is 0 Å². The molecule has 0 saturated carbocycles. The molecule has 3 rings (SSSR count). The van der Waals surface area contributed by atoms with E-state index in [0.29, 0.717) is 22.1 Å². The Labute approximate surface area is 158 Å². The zero-order chi connectivity index (χ0) is 17.8. The number of amides is 2. The van der Waals surface area contributed by atoms with Crippen LogP contribution in [-0.4, -0.2) is 27.8 Å². The number of thiophene rings is 1. The highest BCUT2D eigenvalue weighted by Gasteiger charge is 2.34. The highest BCUT2D eigenvalue weighted by atomic mass is 32.2. The lowest BCUT2D eigenvalue weighted by atomic mass is 10.2. The second kappa shape index (κ2) is 7.81. The average molecular weight is 391 g/mol. The van der Waals surface area contributed by atoms with Crippen molar-refractivity contribution in [2.75, 3.05) is 6.61 Å². The molecule has 0 bridgehead atoms. The van der Waals surface area contributed by atoms with Gasteiger partial charge in [0.2, 0.25) is 0 Å². The molecule has 1 aromatic heterocycles. The summed E-state index contributed by atoms with van der Waals surface area (Å²) in [5, 5.41) is 2.90. The summed E-state index contributed by atoms with van der Waals surface area (Å²) in [6.07, 6.45) is 1.72. The molecule has 25 heavy (non-hydrogen) atoms. The molecule has 8 heteroatoms. The first kappa shape index (κ1) is 17.7. The number of thioether (sulfide) groups is 1. The lowest BCUT2D eigenvalue weighted by molar-refractivity contribution is -0.123. The van der Waals surface area contributed by atoms with Gasteiger partial charge in [0.05, 0.1) is 16.4 Å². The maximum Gasteiger partial charge on any atom is 0.285 e. The van der Waals surface area contributed by atoms with Gasteiger partial charge < -0.3 is 4.74 Å². The molecule has 1 saturated heterocycles. The first-order valence-corrected chi connectivity index (χ1v) is 9.55. The zero-order valence-corrected chi connectivity index (χ0v) is 15.7. The number of rotatable bonds is 5. The summed E-state index contributed by atoms with van der Waals surface area (Å²) in [6.45, 7) is 2.43. The standard InChI is InChI=1S/C17H14N2O3S3/c1-2-22-12-7-4-3-6-11(12)10-14-16(21)19(17(23)25-14)18-15(20)13-8-5-9-24-13/h3-10H,2H2,1H3,(H,18,20)/b14-10+. The Morgan fingerprint density at radius 1 is 1.32 bits per heavy atom. The molecule has 1 fully saturated rings. The van der Waals surface area contributed by atoms with E-state index in [1.54, 1.807) is 23.6 Å². The smallest absolute Gasteiger partial charge is 0.285 e. The third-order valence-electron chi connectivity index (χ3n) is 3.26. The third kappa shape index (κ3) is 3.92. The Bertz CT molecular complexity index is 847. The summed E-state index contributed by atoms with van der Waals surface area (Å²) >= 11 is 7.67. The van der Waals surface area contributed by atoms with Gasteiger partial charge in [-0.25, -0.2) is 0 Å². The van der Waals surface area contributed by atoms with Crippen LogP contribution in [0.15, 0.2) is 46.7 Å². The highest BCUT2D eigenvalue weighted by Crippen LogP contribution is 2.33. The molecule has 128 valence electrons. The van der Waals surface area contributed by atoms with Crippen LogP contribution < -0.4 is 10.2 Å². The number of nitrogens with zero attached hydrogens (tertiary/aromatic N) is 1. The summed E-state index contributed by atoms with van der Waals surface area (Å²) in [4.78, 5) is 25.7. The molecule has 1 aromatic carbocycles. The van der Waals surface area contributed by atoms with Gasteiger partial charge in [-0.3, -0.25) is 15.0 Å². The summed E-state index contributed by atoms with van der Waals surface area (Å²) < 4.78 is 5.86. The molecule has 1 aliphatic heterocycles. The van der Waals surface area contributed by atoms with Crippen LogP contribution >= 0.6 is 35.3 Å².